The van der Waals surface area contributed by atoms with Crippen molar-refractivity contribution in [3.05, 3.63) is 66.0 Å². The number of hydrogen-bond donors (Lipinski definition) is 0. The molecule has 0 spiro atoms. The lowest BCUT2D eigenvalue weighted by atomic mass is 10.0. The van der Waals surface area contributed by atoms with E-state index in [1.165, 1.54) is 18.4 Å². The molecule has 2 atom stereocenters. The van der Waals surface area contributed by atoms with Crippen LogP contribution in [0.4, 0.5) is 0 Å². The summed E-state index contributed by atoms with van der Waals surface area (Å²) in [6.07, 6.45) is 8.05. The van der Waals surface area contributed by atoms with Crippen molar-refractivity contribution in [2.75, 3.05) is 13.1 Å². The van der Waals surface area contributed by atoms with E-state index in [-0.39, 0.29) is 5.91 Å². The van der Waals surface area contributed by atoms with Gasteiger partial charge in [0.1, 0.15) is 0 Å². The van der Waals surface area contributed by atoms with E-state index in [4.69, 9.17) is 0 Å². The van der Waals surface area contributed by atoms with E-state index in [1.54, 1.807) is 12.4 Å². The molecule has 0 saturated carbocycles. The first-order valence-electron chi connectivity index (χ1n) is 9.32. The zero-order valence-corrected chi connectivity index (χ0v) is 14.6. The molecule has 2 aliphatic heterocycles. The zero-order valence-electron chi connectivity index (χ0n) is 14.6. The number of nitrogens with zero attached hydrogens (tertiary/aromatic N) is 3. The monoisotopic (exact) mass is 335 g/mol. The molecule has 1 aromatic carbocycles. The van der Waals surface area contributed by atoms with Gasteiger partial charge in [0.25, 0.3) is 5.91 Å². The standard InChI is InChI=1S/C21H25N3O/c25-21(18-10-12-22-13-11-18)24-15-5-9-20(24)19-8-4-14-23(19)16-17-6-2-1-3-7-17/h1-3,6-7,10-13,19-20H,4-5,8-9,14-16H2/t19-,20+/m0/s1. The maximum absolute atomic E-state index is 13.0. The Balaban J connectivity index is 1.50. The van der Waals surface area contributed by atoms with Gasteiger partial charge in [-0.3, -0.25) is 14.7 Å². The van der Waals surface area contributed by atoms with Crippen molar-refractivity contribution in [2.24, 2.45) is 0 Å². The van der Waals surface area contributed by atoms with Crippen LogP contribution in [0.25, 0.3) is 0 Å². The molecule has 25 heavy (non-hydrogen) atoms. The highest BCUT2D eigenvalue weighted by molar-refractivity contribution is 5.94. The van der Waals surface area contributed by atoms with E-state index < -0.39 is 0 Å². The number of carbonyl (C=O) groups is 1. The van der Waals surface area contributed by atoms with Crippen LogP contribution in [0.5, 0.6) is 0 Å². The fourth-order valence-corrected chi connectivity index (χ4v) is 4.41. The Morgan fingerprint density at radius 2 is 1.68 bits per heavy atom. The van der Waals surface area contributed by atoms with Crippen LogP contribution in [-0.4, -0.2) is 45.9 Å². The summed E-state index contributed by atoms with van der Waals surface area (Å²) < 4.78 is 0. The van der Waals surface area contributed by atoms with Gasteiger partial charge in [0.05, 0.1) is 0 Å². The highest BCUT2D eigenvalue weighted by Crippen LogP contribution is 2.32. The molecule has 4 nitrogen and oxygen atoms in total. The van der Waals surface area contributed by atoms with E-state index in [9.17, 15) is 4.79 Å². The fourth-order valence-electron chi connectivity index (χ4n) is 4.41. The lowest BCUT2D eigenvalue weighted by Gasteiger charge is -2.35. The molecule has 1 aromatic heterocycles. The minimum atomic E-state index is 0.163. The van der Waals surface area contributed by atoms with Crippen molar-refractivity contribution in [1.82, 2.24) is 14.8 Å². The molecule has 0 bridgehead atoms. The largest absolute Gasteiger partial charge is 0.334 e. The van der Waals surface area contributed by atoms with Crippen LogP contribution in [0.3, 0.4) is 0 Å². The highest BCUT2D eigenvalue weighted by Gasteiger charge is 2.39. The minimum Gasteiger partial charge on any atom is -0.334 e. The molecule has 4 heteroatoms. The van der Waals surface area contributed by atoms with Gasteiger partial charge in [-0.25, -0.2) is 0 Å². The van der Waals surface area contributed by atoms with Crippen LogP contribution in [0.2, 0.25) is 0 Å². The van der Waals surface area contributed by atoms with Gasteiger partial charge >= 0.3 is 0 Å². The number of likely N-dealkylation sites (tertiary alicyclic amines) is 2. The van der Waals surface area contributed by atoms with Crippen molar-refractivity contribution in [1.29, 1.82) is 0 Å². The van der Waals surface area contributed by atoms with Crippen molar-refractivity contribution >= 4 is 5.91 Å². The molecular formula is C21H25N3O. The number of amides is 1. The third-order valence-electron chi connectivity index (χ3n) is 5.57. The molecule has 2 aliphatic rings. The summed E-state index contributed by atoms with van der Waals surface area (Å²) in [6, 6.07) is 15.2. The van der Waals surface area contributed by atoms with Crippen LogP contribution < -0.4 is 0 Å². The topological polar surface area (TPSA) is 36.4 Å². The van der Waals surface area contributed by atoms with Gasteiger partial charge in [-0.2, -0.15) is 0 Å². The summed E-state index contributed by atoms with van der Waals surface area (Å²) in [4.78, 5) is 21.7. The zero-order chi connectivity index (χ0) is 17.1. The van der Waals surface area contributed by atoms with Gasteiger partial charge in [-0.05, 0) is 49.9 Å². The summed E-state index contributed by atoms with van der Waals surface area (Å²) in [7, 11) is 0. The minimum absolute atomic E-state index is 0.163. The quantitative estimate of drug-likeness (QED) is 0.860. The lowest BCUT2D eigenvalue weighted by Crippen LogP contribution is -2.48. The van der Waals surface area contributed by atoms with E-state index in [2.05, 4.69) is 45.1 Å². The van der Waals surface area contributed by atoms with Crippen molar-refractivity contribution in [2.45, 2.75) is 44.3 Å². The van der Waals surface area contributed by atoms with Crippen molar-refractivity contribution in [3.8, 4) is 0 Å². The lowest BCUT2D eigenvalue weighted by molar-refractivity contribution is 0.0639. The summed E-state index contributed by atoms with van der Waals surface area (Å²) >= 11 is 0. The van der Waals surface area contributed by atoms with E-state index >= 15 is 0 Å². The van der Waals surface area contributed by atoms with Crippen molar-refractivity contribution < 1.29 is 4.79 Å². The van der Waals surface area contributed by atoms with Crippen LogP contribution in [0, 0.1) is 0 Å². The maximum atomic E-state index is 13.0. The van der Waals surface area contributed by atoms with Gasteiger partial charge < -0.3 is 4.90 Å². The molecule has 0 radical (unpaired) electrons. The Morgan fingerprint density at radius 3 is 2.48 bits per heavy atom. The Morgan fingerprint density at radius 1 is 0.960 bits per heavy atom. The molecule has 4 rings (SSSR count). The average Bonchev–Trinajstić information content (AvgIpc) is 3.31. The molecule has 3 heterocycles. The second-order valence-electron chi connectivity index (χ2n) is 7.11. The molecule has 130 valence electrons. The molecule has 0 unspecified atom stereocenters. The number of aromatic nitrogens is 1. The molecule has 2 aromatic rings. The second kappa shape index (κ2) is 7.36. The third-order valence-corrected chi connectivity index (χ3v) is 5.57. The Labute approximate surface area is 149 Å². The first-order valence-corrected chi connectivity index (χ1v) is 9.32. The molecule has 0 aliphatic carbocycles. The van der Waals surface area contributed by atoms with E-state index in [0.29, 0.717) is 12.1 Å². The molecule has 0 N–H and O–H groups in total. The number of hydrogen-bond acceptors (Lipinski definition) is 3. The predicted octanol–water partition coefficient (Wildman–Crippen LogP) is 3.35. The van der Waals surface area contributed by atoms with Crippen LogP contribution in [0.1, 0.15) is 41.6 Å². The van der Waals surface area contributed by atoms with E-state index in [1.807, 2.05) is 12.1 Å². The highest BCUT2D eigenvalue weighted by atomic mass is 16.2. The molecular weight excluding hydrogens is 310 g/mol. The number of benzene rings is 1. The predicted molar refractivity (Wildman–Crippen MR) is 98.2 cm³/mol. The number of pyridine rings is 1. The van der Waals surface area contributed by atoms with Gasteiger partial charge in [0, 0.05) is 43.1 Å². The Kier molecular flexibility index (Phi) is 4.79. The summed E-state index contributed by atoms with van der Waals surface area (Å²) in [5, 5.41) is 0. The number of rotatable bonds is 4. The van der Waals surface area contributed by atoms with Crippen LogP contribution >= 0.6 is 0 Å². The Hall–Kier alpha value is -2.20. The second-order valence-corrected chi connectivity index (χ2v) is 7.11. The summed E-state index contributed by atoms with van der Waals surface area (Å²) in [6.45, 7) is 2.99. The van der Waals surface area contributed by atoms with Gasteiger partial charge in [-0.15, -0.1) is 0 Å². The molecule has 2 saturated heterocycles. The average molecular weight is 335 g/mol. The maximum Gasteiger partial charge on any atom is 0.254 e. The first kappa shape index (κ1) is 16.3. The van der Waals surface area contributed by atoms with Crippen LogP contribution in [-0.2, 0) is 6.54 Å². The Bertz CT molecular complexity index is 704. The summed E-state index contributed by atoms with van der Waals surface area (Å²) in [5.74, 6) is 0.163. The van der Waals surface area contributed by atoms with Gasteiger partial charge in [0.15, 0.2) is 0 Å². The molecule has 1 amide bonds. The fraction of sp³-hybridized carbons (Fsp3) is 0.429. The van der Waals surface area contributed by atoms with Gasteiger partial charge in [0.2, 0.25) is 0 Å². The first-order chi connectivity index (χ1) is 12.3. The normalized spacial score (nSPS) is 23.9. The number of carbonyl (C=O) groups excluding carboxylic acids is 1. The van der Waals surface area contributed by atoms with Gasteiger partial charge in [-0.1, -0.05) is 30.3 Å². The third kappa shape index (κ3) is 3.45. The van der Waals surface area contributed by atoms with Crippen LogP contribution in [0.15, 0.2) is 54.9 Å². The van der Waals surface area contributed by atoms with Crippen molar-refractivity contribution in [3.63, 3.8) is 0 Å². The smallest absolute Gasteiger partial charge is 0.254 e. The summed E-state index contributed by atoms with van der Waals surface area (Å²) in [5.41, 5.74) is 2.12. The van der Waals surface area contributed by atoms with E-state index in [0.717, 1.165) is 38.0 Å². The SMILES string of the molecule is O=C(c1ccncc1)N1CCC[C@@H]1[C@@H]1CCCN1Cc1ccccc1. The molecule has 2 fully saturated rings.